The molecule has 1 aromatic carbocycles. The molecule has 0 aliphatic rings. The number of nitro groups is 1. The van der Waals surface area contributed by atoms with Crippen molar-refractivity contribution in [3.05, 3.63) is 58.4 Å². The highest BCUT2D eigenvalue weighted by atomic mass is 16.6. The van der Waals surface area contributed by atoms with Gasteiger partial charge in [-0.2, -0.15) is 0 Å². The fraction of sp³-hybridized carbons (Fsp3) is 0.0909. The Morgan fingerprint density at radius 1 is 1.25 bits per heavy atom. The summed E-state index contributed by atoms with van der Waals surface area (Å²) in [7, 11) is 0. The van der Waals surface area contributed by atoms with E-state index < -0.39 is 0 Å². The highest BCUT2D eigenvalue weighted by Crippen LogP contribution is 2.24. The third-order valence-electron chi connectivity index (χ3n) is 2.36. The molecule has 2 aromatic rings. The molecular weight excluding hydrogens is 206 g/mol. The van der Waals surface area contributed by atoms with Crippen molar-refractivity contribution in [1.29, 1.82) is 0 Å². The average Bonchev–Trinajstić information content (AvgIpc) is 2.73. The number of nitrogens with zero attached hydrogens (tertiary/aromatic N) is 2. The van der Waals surface area contributed by atoms with Crippen LogP contribution in [0.1, 0.15) is 5.56 Å². The molecule has 0 spiro atoms. The number of nitrogens with one attached hydrogen (secondary N) is 1. The van der Waals surface area contributed by atoms with Gasteiger partial charge in [-0.1, -0.05) is 6.07 Å². The Kier molecular flexibility index (Phi) is 2.59. The molecule has 1 N–H and O–H groups in total. The summed E-state index contributed by atoms with van der Waals surface area (Å²) in [5.74, 6) is 0. The number of anilines is 1. The SMILES string of the molecule is Cc1c(Nn2cccc2)cccc1[N+](=O)[O-]. The summed E-state index contributed by atoms with van der Waals surface area (Å²) in [5, 5.41) is 10.7. The van der Waals surface area contributed by atoms with E-state index in [1.807, 2.05) is 30.6 Å². The molecule has 16 heavy (non-hydrogen) atoms. The zero-order valence-electron chi connectivity index (χ0n) is 8.75. The van der Waals surface area contributed by atoms with E-state index in [1.165, 1.54) is 6.07 Å². The van der Waals surface area contributed by atoms with Crippen molar-refractivity contribution in [1.82, 2.24) is 4.68 Å². The highest BCUT2D eigenvalue weighted by molar-refractivity contribution is 5.59. The van der Waals surface area contributed by atoms with Crippen LogP contribution in [0.4, 0.5) is 11.4 Å². The summed E-state index contributed by atoms with van der Waals surface area (Å²) in [6, 6.07) is 8.72. The Balaban J connectivity index is 2.35. The Hall–Kier alpha value is -2.30. The zero-order valence-corrected chi connectivity index (χ0v) is 8.75. The highest BCUT2D eigenvalue weighted by Gasteiger charge is 2.12. The predicted molar refractivity (Wildman–Crippen MR) is 61.3 cm³/mol. The van der Waals surface area contributed by atoms with Gasteiger partial charge in [-0.05, 0) is 25.1 Å². The molecule has 0 fully saturated rings. The Morgan fingerprint density at radius 3 is 2.56 bits per heavy atom. The van der Waals surface area contributed by atoms with Crippen LogP contribution in [0.2, 0.25) is 0 Å². The van der Waals surface area contributed by atoms with E-state index in [0.717, 1.165) is 5.69 Å². The summed E-state index contributed by atoms with van der Waals surface area (Å²) >= 11 is 0. The van der Waals surface area contributed by atoms with Crippen molar-refractivity contribution in [3.63, 3.8) is 0 Å². The molecule has 0 bridgehead atoms. The first-order chi connectivity index (χ1) is 7.68. The van der Waals surface area contributed by atoms with Crippen LogP contribution in [0.5, 0.6) is 0 Å². The summed E-state index contributed by atoms with van der Waals surface area (Å²) < 4.78 is 1.74. The number of rotatable bonds is 3. The predicted octanol–water partition coefficient (Wildman–Crippen LogP) is 2.58. The zero-order chi connectivity index (χ0) is 11.5. The van der Waals surface area contributed by atoms with Crippen molar-refractivity contribution in [2.75, 3.05) is 5.43 Å². The number of nitro benzene ring substituents is 1. The second-order valence-electron chi connectivity index (χ2n) is 3.41. The minimum Gasteiger partial charge on any atom is -0.294 e. The van der Waals surface area contributed by atoms with E-state index in [1.54, 1.807) is 17.7 Å². The van der Waals surface area contributed by atoms with Gasteiger partial charge in [-0.15, -0.1) is 0 Å². The second-order valence-corrected chi connectivity index (χ2v) is 3.41. The van der Waals surface area contributed by atoms with E-state index in [-0.39, 0.29) is 10.6 Å². The van der Waals surface area contributed by atoms with Crippen LogP contribution in [0.3, 0.4) is 0 Å². The lowest BCUT2D eigenvalue weighted by atomic mass is 10.1. The maximum absolute atomic E-state index is 10.7. The first-order valence-corrected chi connectivity index (χ1v) is 4.82. The number of hydrogen-bond donors (Lipinski definition) is 1. The third-order valence-corrected chi connectivity index (χ3v) is 2.36. The summed E-state index contributed by atoms with van der Waals surface area (Å²) in [4.78, 5) is 10.4. The van der Waals surface area contributed by atoms with E-state index in [9.17, 15) is 10.1 Å². The molecule has 2 rings (SSSR count). The summed E-state index contributed by atoms with van der Waals surface area (Å²) in [5.41, 5.74) is 4.54. The van der Waals surface area contributed by atoms with Gasteiger partial charge >= 0.3 is 0 Å². The molecule has 0 saturated carbocycles. The lowest BCUT2D eigenvalue weighted by Crippen LogP contribution is -2.07. The molecule has 1 aromatic heterocycles. The minimum absolute atomic E-state index is 0.122. The van der Waals surface area contributed by atoms with E-state index in [4.69, 9.17) is 0 Å². The molecule has 0 unspecified atom stereocenters. The molecule has 0 radical (unpaired) electrons. The largest absolute Gasteiger partial charge is 0.294 e. The lowest BCUT2D eigenvalue weighted by molar-refractivity contribution is -0.385. The normalized spacial score (nSPS) is 10.1. The molecule has 1 heterocycles. The smallest absolute Gasteiger partial charge is 0.274 e. The fourth-order valence-electron chi connectivity index (χ4n) is 1.49. The average molecular weight is 217 g/mol. The maximum atomic E-state index is 10.7. The molecule has 5 heteroatoms. The van der Waals surface area contributed by atoms with Crippen molar-refractivity contribution in [2.24, 2.45) is 0 Å². The Morgan fingerprint density at radius 2 is 1.94 bits per heavy atom. The molecule has 0 saturated heterocycles. The Labute approximate surface area is 92.4 Å². The van der Waals surface area contributed by atoms with Crippen LogP contribution in [-0.4, -0.2) is 9.60 Å². The van der Waals surface area contributed by atoms with E-state index in [0.29, 0.717) is 5.56 Å². The van der Waals surface area contributed by atoms with Crippen molar-refractivity contribution < 1.29 is 4.92 Å². The van der Waals surface area contributed by atoms with Gasteiger partial charge < -0.3 is 0 Å². The second kappa shape index (κ2) is 4.06. The molecule has 0 aliphatic heterocycles. The van der Waals surface area contributed by atoms with Gasteiger partial charge in [0.05, 0.1) is 16.2 Å². The Bertz CT molecular complexity index is 506. The summed E-state index contributed by atoms with van der Waals surface area (Å²) in [6.45, 7) is 1.73. The standard InChI is InChI=1S/C11H11N3O2/c1-9-10(12-13-7-2-3-8-13)5-4-6-11(9)14(15)16/h2-8,12H,1H3. The number of benzene rings is 1. The quantitative estimate of drug-likeness (QED) is 0.635. The molecule has 5 nitrogen and oxygen atoms in total. The minimum atomic E-state index is -0.379. The van der Waals surface area contributed by atoms with Crippen LogP contribution in [-0.2, 0) is 0 Å². The van der Waals surface area contributed by atoms with Gasteiger partial charge in [0.15, 0.2) is 0 Å². The molecule has 0 aliphatic carbocycles. The van der Waals surface area contributed by atoms with Crippen molar-refractivity contribution >= 4 is 11.4 Å². The van der Waals surface area contributed by atoms with Crippen LogP contribution < -0.4 is 5.43 Å². The first-order valence-electron chi connectivity index (χ1n) is 4.82. The van der Waals surface area contributed by atoms with Gasteiger partial charge in [-0.25, -0.2) is 0 Å². The topological polar surface area (TPSA) is 60.1 Å². The fourth-order valence-corrected chi connectivity index (χ4v) is 1.49. The van der Waals surface area contributed by atoms with E-state index >= 15 is 0 Å². The van der Waals surface area contributed by atoms with Crippen LogP contribution in [0.15, 0.2) is 42.7 Å². The lowest BCUT2D eigenvalue weighted by Gasteiger charge is -2.10. The third kappa shape index (κ3) is 1.88. The molecule has 82 valence electrons. The number of hydrogen-bond acceptors (Lipinski definition) is 3. The van der Waals surface area contributed by atoms with Gasteiger partial charge in [0.1, 0.15) is 0 Å². The number of aromatic nitrogens is 1. The van der Waals surface area contributed by atoms with Gasteiger partial charge in [0, 0.05) is 18.5 Å². The molecular formula is C11H11N3O2. The first kappa shape index (κ1) is 10.2. The van der Waals surface area contributed by atoms with Crippen LogP contribution in [0, 0.1) is 17.0 Å². The molecule has 0 atom stereocenters. The maximum Gasteiger partial charge on any atom is 0.274 e. The van der Waals surface area contributed by atoms with Crippen molar-refractivity contribution in [2.45, 2.75) is 6.92 Å². The van der Waals surface area contributed by atoms with Gasteiger partial charge in [0.2, 0.25) is 0 Å². The van der Waals surface area contributed by atoms with Crippen LogP contribution in [0.25, 0.3) is 0 Å². The molecule has 0 amide bonds. The summed E-state index contributed by atoms with van der Waals surface area (Å²) in [6.07, 6.45) is 3.66. The van der Waals surface area contributed by atoms with Gasteiger partial charge in [0.25, 0.3) is 5.69 Å². The van der Waals surface area contributed by atoms with Crippen molar-refractivity contribution in [3.8, 4) is 0 Å². The van der Waals surface area contributed by atoms with Gasteiger partial charge in [-0.3, -0.25) is 20.2 Å². The van der Waals surface area contributed by atoms with Crippen LogP contribution >= 0.6 is 0 Å². The monoisotopic (exact) mass is 217 g/mol. The van der Waals surface area contributed by atoms with E-state index in [2.05, 4.69) is 5.43 Å².